The molecule has 1 aliphatic heterocycles. The Balaban J connectivity index is 2.12. The molecular formula is C11H9ClF3NO3. The van der Waals surface area contributed by atoms with Crippen LogP contribution in [0, 0.1) is 0 Å². The molecule has 104 valence electrons. The largest absolute Gasteiger partial charge is 0.573 e. The van der Waals surface area contributed by atoms with Crippen LogP contribution in [0.15, 0.2) is 18.2 Å². The standard InChI is InChI=1S/C11H9ClF3NO3/c12-7-3-6(9-4-16-10(17)5-18-9)1-2-8(7)19-11(13,14)15/h1-3,9H,4-5H2,(H,16,17)/t9-/m1/s1. The smallest absolute Gasteiger partial charge is 0.404 e. The van der Waals surface area contributed by atoms with E-state index >= 15 is 0 Å². The maximum atomic E-state index is 12.1. The molecule has 1 aliphatic rings. The van der Waals surface area contributed by atoms with Crippen molar-refractivity contribution in [2.45, 2.75) is 12.5 Å². The number of benzene rings is 1. The predicted molar refractivity (Wildman–Crippen MR) is 59.8 cm³/mol. The molecule has 0 aliphatic carbocycles. The summed E-state index contributed by atoms with van der Waals surface area (Å²) < 4.78 is 45.2. The summed E-state index contributed by atoms with van der Waals surface area (Å²) in [5.74, 6) is -0.711. The van der Waals surface area contributed by atoms with E-state index in [1.165, 1.54) is 12.1 Å². The summed E-state index contributed by atoms with van der Waals surface area (Å²) in [6.45, 7) is 0.151. The van der Waals surface area contributed by atoms with Crippen LogP contribution in [-0.2, 0) is 9.53 Å². The molecular weight excluding hydrogens is 287 g/mol. The summed E-state index contributed by atoms with van der Waals surface area (Å²) >= 11 is 5.72. The van der Waals surface area contributed by atoms with Gasteiger partial charge in [-0.05, 0) is 17.7 Å². The zero-order valence-electron chi connectivity index (χ0n) is 9.46. The molecule has 1 fully saturated rings. The van der Waals surface area contributed by atoms with Gasteiger partial charge in [0.15, 0.2) is 0 Å². The monoisotopic (exact) mass is 295 g/mol. The molecule has 1 heterocycles. The van der Waals surface area contributed by atoms with E-state index in [4.69, 9.17) is 16.3 Å². The third kappa shape index (κ3) is 3.74. The van der Waals surface area contributed by atoms with E-state index in [-0.39, 0.29) is 24.1 Å². The molecule has 1 amide bonds. The first kappa shape index (κ1) is 14.0. The van der Waals surface area contributed by atoms with Crippen LogP contribution in [0.4, 0.5) is 13.2 Å². The van der Waals surface area contributed by atoms with Crippen molar-refractivity contribution in [1.29, 1.82) is 0 Å². The van der Waals surface area contributed by atoms with Gasteiger partial charge in [0.2, 0.25) is 5.91 Å². The van der Waals surface area contributed by atoms with Crippen molar-refractivity contribution in [2.75, 3.05) is 13.2 Å². The van der Waals surface area contributed by atoms with Crippen molar-refractivity contribution < 1.29 is 27.4 Å². The van der Waals surface area contributed by atoms with Crippen LogP contribution in [0.1, 0.15) is 11.7 Å². The molecule has 0 radical (unpaired) electrons. The Kier molecular flexibility index (Phi) is 3.86. The first-order chi connectivity index (χ1) is 8.85. The molecule has 0 aromatic heterocycles. The van der Waals surface area contributed by atoms with Gasteiger partial charge in [0.25, 0.3) is 0 Å². The second-order valence-corrected chi connectivity index (χ2v) is 4.25. The van der Waals surface area contributed by atoms with Crippen molar-refractivity contribution >= 4 is 17.5 Å². The van der Waals surface area contributed by atoms with Crippen LogP contribution in [-0.4, -0.2) is 25.4 Å². The first-order valence-corrected chi connectivity index (χ1v) is 5.66. The lowest BCUT2D eigenvalue weighted by Gasteiger charge is -2.24. The van der Waals surface area contributed by atoms with Crippen LogP contribution in [0.2, 0.25) is 5.02 Å². The van der Waals surface area contributed by atoms with Gasteiger partial charge in [-0.15, -0.1) is 13.2 Å². The topological polar surface area (TPSA) is 47.6 Å². The maximum Gasteiger partial charge on any atom is 0.573 e. The van der Waals surface area contributed by atoms with Crippen LogP contribution < -0.4 is 10.1 Å². The van der Waals surface area contributed by atoms with Gasteiger partial charge in [0.1, 0.15) is 18.5 Å². The minimum atomic E-state index is -4.79. The Morgan fingerprint density at radius 2 is 2.16 bits per heavy atom. The zero-order chi connectivity index (χ0) is 14.0. The van der Waals surface area contributed by atoms with Crippen LogP contribution in [0.5, 0.6) is 5.75 Å². The van der Waals surface area contributed by atoms with E-state index in [0.717, 1.165) is 6.07 Å². The summed E-state index contributed by atoms with van der Waals surface area (Å²) in [5, 5.41) is 2.41. The average Bonchev–Trinajstić information content (AvgIpc) is 2.31. The van der Waals surface area contributed by atoms with Crippen LogP contribution in [0.3, 0.4) is 0 Å². The van der Waals surface area contributed by atoms with Gasteiger partial charge < -0.3 is 14.8 Å². The number of hydrogen-bond acceptors (Lipinski definition) is 3. The summed E-state index contributed by atoms with van der Waals surface area (Å²) in [6.07, 6.45) is -5.23. The van der Waals surface area contributed by atoms with E-state index in [9.17, 15) is 18.0 Å². The molecule has 1 saturated heterocycles. The van der Waals surface area contributed by atoms with Gasteiger partial charge in [-0.25, -0.2) is 0 Å². The second kappa shape index (κ2) is 5.26. The number of alkyl halides is 3. The Labute approximate surface area is 111 Å². The minimum absolute atomic E-state index is 0.0942. The summed E-state index contributed by atoms with van der Waals surface area (Å²) in [6, 6.07) is 3.85. The Morgan fingerprint density at radius 3 is 2.68 bits per heavy atom. The number of hydrogen-bond donors (Lipinski definition) is 1. The highest BCUT2D eigenvalue weighted by atomic mass is 35.5. The Bertz CT molecular complexity index is 483. The highest BCUT2D eigenvalue weighted by Crippen LogP contribution is 2.33. The fraction of sp³-hybridized carbons (Fsp3) is 0.364. The third-order valence-electron chi connectivity index (χ3n) is 2.45. The van der Waals surface area contributed by atoms with Gasteiger partial charge in [-0.3, -0.25) is 4.79 Å². The molecule has 0 unspecified atom stereocenters. The molecule has 1 N–H and O–H groups in total. The third-order valence-corrected chi connectivity index (χ3v) is 2.75. The van der Waals surface area contributed by atoms with E-state index < -0.39 is 18.2 Å². The molecule has 0 saturated carbocycles. The number of carbonyl (C=O) groups excluding carboxylic acids is 1. The maximum absolute atomic E-state index is 12.1. The lowest BCUT2D eigenvalue weighted by atomic mass is 10.1. The molecule has 0 bridgehead atoms. The van der Waals surface area contributed by atoms with Gasteiger partial charge in [-0.1, -0.05) is 17.7 Å². The van der Waals surface area contributed by atoms with Crippen LogP contribution >= 0.6 is 11.6 Å². The van der Waals surface area contributed by atoms with E-state index in [1.54, 1.807) is 0 Å². The molecule has 1 atom stereocenters. The number of nitrogens with one attached hydrogen (secondary N) is 1. The summed E-state index contributed by atoms with van der Waals surface area (Å²) in [5.41, 5.74) is 0.569. The predicted octanol–water partition coefficient (Wildman–Crippen LogP) is 2.43. The SMILES string of the molecule is O=C1CO[C@@H](c2ccc(OC(F)(F)F)c(Cl)c2)CN1. The Morgan fingerprint density at radius 1 is 1.42 bits per heavy atom. The number of amides is 1. The van der Waals surface area contributed by atoms with E-state index in [2.05, 4.69) is 10.1 Å². The van der Waals surface area contributed by atoms with Gasteiger partial charge in [0.05, 0.1) is 5.02 Å². The van der Waals surface area contributed by atoms with Crippen LogP contribution in [0.25, 0.3) is 0 Å². The van der Waals surface area contributed by atoms with Gasteiger partial charge in [0, 0.05) is 6.54 Å². The number of ether oxygens (including phenoxy) is 2. The zero-order valence-corrected chi connectivity index (χ0v) is 10.2. The molecule has 0 spiro atoms. The molecule has 2 rings (SSSR count). The van der Waals surface area contributed by atoms with Crippen molar-refractivity contribution in [2.24, 2.45) is 0 Å². The average molecular weight is 296 g/mol. The normalized spacial score (nSPS) is 20.0. The lowest BCUT2D eigenvalue weighted by Crippen LogP contribution is -2.38. The quantitative estimate of drug-likeness (QED) is 0.911. The molecule has 8 heteroatoms. The molecule has 4 nitrogen and oxygen atoms in total. The van der Waals surface area contributed by atoms with Crippen molar-refractivity contribution in [3.8, 4) is 5.75 Å². The summed E-state index contributed by atoms with van der Waals surface area (Å²) in [7, 11) is 0. The van der Waals surface area contributed by atoms with E-state index in [0.29, 0.717) is 5.56 Å². The van der Waals surface area contributed by atoms with Crippen molar-refractivity contribution in [3.05, 3.63) is 28.8 Å². The van der Waals surface area contributed by atoms with Gasteiger partial charge in [-0.2, -0.15) is 0 Å². The van der Waals surface area contributed by atoms with Gasteiger partial charge >= 0.3 is 6.36 Å². The van der Waals surface area contributed by atoms with E-state index in [1.807, 2.05) is 0 Å². The first-order valence-electron chi connectivity index (χ1n) is 5.28. The molecule has 1 aromatic carbocycles. The Hall–Kier alpha value is -1.47. The molecule has 1 aromatic rings. The number of morpholine rings is 1. The molecule has 19 heavy (non-hydrogen) atoms. The van der Waals surface area contributed by atoms with Crippen molar-refractivity contribution in [3.63, 3.8) is 0 Å². The van der Waals surface area contributed by atoms with Crippen molar-refractivity contribution in [1.82, 2.24) is 5.32 Å². The fourth-order valence-corrected chi connectivity index (χ4v) is 1.86. The number of rotatable bonds is 2. The lowest BCUT2D eigenvalue weighted by molar-refractivity contribution is -0.274. The minimum Gasteiger partial charge on any atom is -0.404 e. The number of halogens is 4. The fourth-order valence-electron chi connectivity index (χ4n) is 1.63. The second-order valence-electron chi connectivity index (χ2n) is 3.84. The number of carbonyl (C=O) groups is 1. The summed E-state index contributed by atoms with van der Waals surface area (Å²) in [4.78, 5) is 10.9. The highest BCUT2D eigenvalue weighted by molar-refractivity contribution is 6.32. The highest BCUT2D eigenvalue weighted by Gasteiger charge is 2.32.